The minimum absolute atomic E-state index is 0.0271. The molecule has 2 saturated heterocycles. The number of imide groups is 1. The van der Waals surface area contributed by atoms with E-state index in [2.05, 4.69) is 20.3 Å². The van der Waals surface area contributed by atoms with Gasteiger partial charge in [0.1, 0.15) is 5.69 Å². The van der Waals surface area contributed by atoms with Crippen LogP contribution in [0, 0.1) is 5.82 Å². The van der Waals surface area contributed by atoms with E-state index in [1.54, 1.807) is 59.0 Å². The Kier molecular flexibility index (Phi) is 11.5. The van der Waals surface area contributed by atoms with Crippen LogP contribution >= 0.6 is 11.6 Å². The van der Waals surface area contributed by atoms with E-state index in [-0.39, 0.29) is 60.8 Å². The van der Waals surface area contributed by atoms with Crippen molar-refractivity contribution in [3.05, 3.63) is 112 Å². The van der Waals surface area contributed by atoms with Crippen LogP contribution in [0.2, 0.25) is 5.02 Å². The molecular weight excluding hydrogens is 789 g/mol. The number of carbonyl (C=O) groups excluding carboxylic acids is 5. The molecule has 3 aliphatic rings. The lowest BCUT2D eigenvalue weighted by atomic mass is 9.93. The summed E-state index contributed by atoms with van der Waals surface area (Å²) in [5, 5.41) is 7.38. The number of benzene rings is 3. The van der Waals surface area contributed by atoms with E-state index in [1.165, 1.54) is 9.80 Å². The van der Waals surface area contributed by atoms with Crippen molar-refractivity contribution in [3.8, 4) is 11.1 Å². The summed E-state index contributed by atoms with van der Waals surface area (Å²) in [4.78, 5) is 75.7. The second kappa shape index (κ2) is 17.1. The molecule has 0 atom stereocenters. The Balaban J connectivity index is 0.967. The van der Waals surface area contributed by atoms with Crippen LogP contribution in [0.5, 0.6) is 0 Å². The summed E-state index contributed by atoms with van der Waals surface area (Å²) >= 11 is 6.41. The molecule has 6 amide bonds. The first-order chi connectivity index (χ1) is 28.9. The standard InChI is InChI=1S/C44H45ClFN9O5/c1-50(2)43(59)36-25-34-32(24-33(40(46)41(34)48-36)31-5-3-15-53(27-31)39(57)13-17-54-16-4-14-47-54)29-8-6-28(7-9-29)26-51-19-21-52(22-20-51)42(58)30-10-11-35(45)37(23-30)55-18-12-38(56)49-44(55)60/h4-11,14,16,23-25,48H,3,12-13,15,17-22,26-27H2,1-2H3,(H,49,56,60). The fourth-order valence-electron chi connectivity index (χ4n) is 8.03. The molecule has 60 heavy (non-hydrogen) atoms. The minimum Gasteiger partial charge on any atom is -0.348 e. The predicted octanol–water partition coefficient (Wildman–Crippen LogP) is 5.64. The third-order valence-electron chi connectivity index (χ3n) is 11.3. The van der Waals surface area contributed by atoms with Gasteiger partial charge in [0.15, 0.2) is 5.82 Å². The fourth-order valence-corrected chi connectivity index (χ4v) is 8.25. The molecule has 8 rings (SSSR count). The lowest BCUT2D eigenvalue weighted by Crippen LogP contribution is -2.50. The van der Waals surface area contributed by atoms with Gasteiger partial charge in [-0.1, -0.05) is 41.9 Å². The van der Waals surface area contributed by atoms with Crippen molar-refractivity contribution in [2.75, 3.05) is 64.8 Å². The van der Waals surface area contributed by atoms with Crippen molar-refractivity contribution in [2.45, 2.75) is 32.4 Å². The number of hydrogen-bond acceptors (Lipinski definition) is 7. The van der Waals surface area contributed by atoms with Gasteiger partial charge in [-0.15, -0.1) is 0 Å². The van der Waals surface area contributed by atoms with Gasteiger partial charge in [-0.2, -0.15) is 5.10 Å². The van der Waals surface area contributed by atoms with E-state index in [0.717, 1.165) is 16.7 Å². The zero-order valence-electron chi connectivity index (χ0n) is 33.4. The van der Waals surface area contributed by atoms with Crippen LogP contribution < -0.4 is 10.2 Å². The second-order valence-electron chi connectivity index (χ2n) is 15.5. The summed E-state index contributed by atoms with van der Waals surface area (Å²) in [6.07, 6.45) is 6.50. The largest absolute Gasteiger partial charge is 0.348 e. The molecule has 5 heterocycles. The number of H-pyrrole nitrogens is 1. The van der Waals surface area contributed by atoms with Gasteiger partial charge in [0.25, 0.3) is 11.8 Å². The van der Waals surface area contributed by atoms with Crippen molar-refractivity contribution in [1.82, 2.24) is 39.7 Å². The van der Waals surface area contributed by atoms with Crippen LogP contribution in [0.25, 0.3) is 27.6 Å². The average Bonchev–Trinajstić information content (AvgIpc) is 3.95. The summed E-state index contributed by atoms with van der Waals surface area (Å²) in [5.41, 5.74) is 5.07. The number of halogens is 2. The van der Waals surface area contributed by atoms with Crippen molar-refractivity contribution in [3.63, 3.8) is 0 Å². The Hall–Kier alpha value is -6.32. The topological polar surface area (TPSA) is 147 Å². The van der Waals surface area contributed by atoms with Gasteiger partial charge in [-0.3, -0.25) is 39.0 Å². The molecular formula is C44H45ClFN9O5. The number of amides is 6. The number of anilines is 1. The minimum atomic E-state index is -0.568. The molecule has 0 aliphatic carbocycles. The van der Waals surface area contributed by atoms with Crippen LogP contribution in [0.1, 0.15) is 51.2 Å². The van der Waals surface area contributed by atoms with Crippen LogP contribution in [-0.4, -0.2) is 124 Å². The lowest BCUT2D eigenvalue weighted by molar-refractivity contribution is -0.131. The number of nitrogens with zero attached hydrogens (tertiary/aromatic N) is 7. The molecule has 310 valence electrons. The second-order valence-corrected chi connectivity index (χ2v) is 15.9. The molecule has 2 fully saturated rings. The van der Waals surface area contributed by atoms with Crippen LogP contribution in [0.4, 0.5) is 14.9 Å². The Bertz CT molecular complexity index is 2510. The Morgan fingerprint density at radius 1 is 0.917 bits per heavy atom. The number of urea groups is 1. The van der Waals surface area contributed by atoms with E-state index >= 15 is 4.39 Å². The van der Waals surface area contributed by atoms with E-state index in [1.807, 2.05) is 48.7 Å². The van der Waals surface area contributed by atoms with Gasteiger partial charge in [0.05, 0.1) is 16.2 Å². The molecule has 0 radical (unpaired) electrons. The molecule has 14 nitrogen and oxygen atoms in total. The first kappa shape index (κ1) is 40.5. The van der Waals surface area contributed by atoms with Gasteiger partial charge in [-0.25, -0.2) is 9.18 Å². The number of aromatic nitrogens is 3. The zero-order chi connectivity index (χ0) is 42.1. The van der Waals surface area contributed by atoms with Crippen LogP contribution in [0.15, 0.2) is 79.1 Å². The van der Waals surface area contributed by atoms with Gasteiger partial charge >= 0.3 is 6.03 Å². The number of piperazine rings is 1. The van der Waals surface area contributed by atoms with Gasteiger partial charge in [0.2, 0.25) is 11.8 Å². The highest BCUT2D eigenvalue weighted by molar-refractivity contribution is 6.34. The Morgan fingerprint density at radius 3 is 2.42 bits per heavy atom. The quantitative estimate of drug-likeness (QED) is 0.185. The van der Waals surface area contributed by atoms with E-state index in [4.69, 9.17) is 11.6 Å². The molecule has 0 bridgehead atoms. The number of nitrogens with one attached hydrogen (secondary N) is 2. The molecule has 0 unspecified atom stereocenters. The van der Waals surface area contributed by atoms with Gasteiger partial charge < -0.3 is 19.7 Å². The number of aryl methyl sites for hydroxylation is 1. The molecule has 2 aromatic heterocycles. The molecule has 0 spiro atoms. The highest BCUT2D eigenvalue weighted by Gasteiger charge is 2.29. The third kappa shape index (κ3) is 8.40. The predicted molar refractivity (Wildman–Crippen MR) is 226 cm³/mol. The monoisotopic (exact) mass is 833 g/mol. The van der Waals surface area contributed by atoms with Crippen molar-refractivity contribution in [1.29, 1.82) is 0 Å². The van der Waals surface area contributed by atoms with Crippen molar-refractivity contribution >= 4 is 63.4 Å². The maximum absolute atomic E-state index is 16.6. The normalized spacial score (nSPS) is 16.3. The summed E-state index contributed by atoms with van der Waals surface area (Å²) in [6.45, 7) is 4.42. The molecule has 2 N–H and O–H groups in total. The van der Waals surface area contributed by atoms with Crippen molar-refractivity contribution < 1.29 is 28.4 Å². The average molecular weight is 834 g/mol. The van der Waals surface area contributed by atoms with Crippen LogP contribution in [0.3, 0.4) is 0 Å². The summed E-state index contributed by atoms with van der Waals surface area (Å²) in [6, 6.07) is 17.7. The Labute approximate surface area is 351 Å². The molecule has 0 saturated carbocycles. The molecule has 5 aromatic rings. The van der Waals surface area contributed by atoms with Crippen LogP contribution in [-0.2, 0) is 22.7 Å². The zero-order valence-corrected chi connectivity index (χ0v) is 34.2. The molecule has 3 aliphatic heterocycles. The number of aromatic amines is 1. The Morgan fingerprint density at radius 2 is 1.70 bits per heavy atom. The fraction of sp³-hybridized carbons (Fsp3) is 0.318. The van der Waals surface area contributed by atoms with E-state index in [9.17, 15) is 24.0 Å². The van der Waals surface area contributed by atoms with Gasteiger partial charge in [0, 0.05) is 115 Å². The van der Waals surface area contributed by atoms with E-state index in [0.29, 0.717) is 85.0 Å². The number of carbonyl (C=O) groups is 5. The third-order valence-corrected chi connectivity index (χ3v) is 11.6. The summed E-state index contributed by atoms with van der Waals surface area (Å²) in [7, 11) is 3.30. The highest BCUT2D eigenvalue weighted by atomic mass is 35.5. The van der Waals surface area contributed by atoms with Gasteiger partial charge in [-0.05, 0) is 65.1 Å². The smallest absolute Gasteiger partial charge is 0.328 e. The molecule has 3 aromatic carbocycles. The number of hydrogen-bond donors (Lipinski definition) is 2. The van der Waals surface area contributed by atoms with E-state index < -0.39 is 11.8 Å². The maximum Gasteiger partial charge on any atom is 0.328 e. The molecule has 16 heteroatoms. The maximum atomic E-state index is 16.6. The first-order valence-corrected chi connectivity index (χ1v) is 20.3. The summed E-state index contributed by atoms with van der Waals surface area (Å²) < 4.78 is 18.3. The van der Waals surface area contributed by atoms with Crippen molar-refractivity contribution in [2.24, 2.45) is 0 Å². The highest BCUT2D eigenvalue weighted by Crippen LogP contribution is 2.37. The number of rotatable bonds is 10. The number of fused-ring (bicyclic) bond motifs is 1. The SMILES string of the molecule is CN(C)C(=O)c1cc2c(-c3ccc(CN4CCN(C(=O)c5ccc(Cl)c(N6CCC(=O)NC6=O)c5)CC4)cc3)cc(C3=CCCN(C(=O)CCn4cccn4)C3)c(F)c2[nH]1. The summed E-state index contributed by atoms with van der Waals surface area (Å²) in [5.74, 6) is -1.29. The first-order valence-electron chi connectivity index (χ1n) is 20.0. The lowest BCUT2D eigenvalue weighted by Gasteiger charge is -2.35.